The van der Waals surface area contributed by atoms with E-state index in [0.717, 1.165) is 25.0 Å². The number of hydrogen-bond donors (Lipinski definition) is 3. The monoisotopic (exact) mass is 348 g/mol. The summed E-state index contributed by atoms with van der Waals surface area (Å²) in [6.07, 6.45) is 1.59. The topological polar surface area (TPSA) is 130 Å². The Labute approximate surface area is 128 Å². The largest absolute Gasteiger partial charge is 0.480 e. The predicted molar refractivity (Wildman–Crippen MR) is 77.2 cm³/mol. The Morgan fingerprint density at radius 1 is 1.09 bits per heavy atom. The lowest BCUT2D eigenvalue weighted by Crippen LogP contribution is -2.38. The van der Waals surface area contributed by atoms with E-state index in [4.69, 9.17) is 5.11 Å². The van der Waals surface area contributed by atoms with Crippen LogP contribution in [-0.2, 0) is 24.8 Å². The van der Waals surface area contributed by atoms with Gasteiger partial charge in [0.15, 0.2) is 0 Å². The molecule has 1 aromatic carbocycles. The molecule has 0 heterocycles. The van der Waals surface area contributed by atoms with Gasteiger partial charge in [-0.05, 0) is 44.0 Å². The zero-order chi connectivity index (χ0) is 16.5. The van der Waals surface area contributed by atoms with Crippen molar-refractivity contribution >= 4 is 26.0 Å². The van der Waals surface area contributed by atoms with Crippen molar-refractivity contribution in [2.45, 2.75) is 41.6 Å². The van der Waals surface area contributed by atoms with Crippen LogP contribution in [0.1, 0.15) is 19.8 Å². The first-order valence-electron chi connectivity index (χ1n) is 6.49. The standard InChI is InChI=1S/C12H16N2O6S2/c1-8(12(15)16)13-21(17,18)10-4-6-11(7-5-10)22(19,20)14-9-2-3-9/h4-9,13-14H,2-3H2,1H3,(H,15,16)/t8-/m1/s1. The summed E-state index contributed by atoms with van der Waals surface area (Å²) >= 11 is 0. The zero-order valence-electron chi connectivity index (χ0n) is 11.7. The van der Waals surface area contributed by atoms with E-state index in [1.165, 1.54) is 19.1 Å². The van der Waals surface area contributed by atoms with E-state index in [9.17, 15) is 21.6 Å². The second kappa shape index (κ2) is 5.95. The van der Waals surface area contributed by atoms with Crippen molar-refractivity contribution in [3.8, 4) is 0 Å². The first kappa shape index (κ1) is 16.9. The maximum Gasteiger partial charge on any atom is 0.321 e. The number of carboxylic acids is 1. The lowest BCUT2D eigenvalue weighted by molar-refractivity contribution is -0.138. The van der Waals surface area contributed by atoms with Gasteiger partial charge in [-0.3, -0.25) is 4.79 Å². The lowest BCUT2D eigenvalue weighted by Gasteiger charge is -2.11. The van der Waals surface area contributed by atoms with E-state index in [-0.39, 0.29) is 15.8 Å². The number of sulfonamides is 2. The maximum atomic E-state index is 12.0. The number of benzene rings is 1. The van der Waals surface area contributed by atoms with Crippen LogP contribution in [0, 0.1) is 0 Å². The minimum absolute atomic E-state index is 0.0374. The number of hydrogen-bond acceptors (Lipinski definition) is 5. The third-order valence-corrected chi connectivity index (χ3v) is 6.14. The molecule has 1 fully saturated rings. The maximum absolute atomic E-state index is 12.0. The van der Waals surface area contributed by atoms with E-state index in [1.54, 1.807) is 0 Å². The van der Waals surface area contributed by atoms with Crippen molar-refractivity contribution in [2.24, 2.45) is 0 Å². The smallest absolute Gasteiger partial charge is 0.321 e. The Hall–Kier alpha value is -1.49. The average Bonchev–Trinajstić information content (AvgIpc) is 3.21. The molecule has 1 saturated carbocycles. The van der Waals surface area contributed by atoms with Gasteiger partial charge in [-0.25, -0.2) is 21.6 Å². The minimum atomic E-state index is -4.02. The third-order valence-electron chi connectivity index (χ3n) is 3.05. The van der Waals surface area contributed by atoms with E-state index in [2.05, 4.69) is 4.72 Å². The fourth-order valence-electron chi connectivity index (χ4n) is 1.64. The van der Waals surface area contributed by atoms with Crippen LogP contribution in [0.4, 0.5) is 0 Å². The van der Waals surface area contributed by atoms with Gasteiger partial charge in [0.25, 0.3) is 0 Å². The zero-order valence-corrected chi connectivity index (χ0v) is 13.3. The fourth-order valence-corrected chi connectivity index (χ4v) is 4.14. The molecule has 1 aliphatic carbocycles. The first-order chi connectivity index (χ1) is 10.1. The van der Waals surface area contributed by atoms with Crippen LogP contribution in [0.2, 0.25) is 0 Å². The molecule has 8 nitrogen and oxygen atoms in total. The van der Waals surface area contributed by atoms with Crippen LogP contribution in [0.15, 0.2) is 34.1 Å². The number of carbonyl (C=O) groups is 1. The molecular formula is C12H16N2O6S2. The van der Waals surface area contributed by atoms with E-state index in [0.29, 0.717) is 0 Å². The molecule has 0 aromatic heterocycles. The van der Waals surface area contributed by atoms with Crippen molar-refractivity contribution in [2.75, 3.05) is 0 Å². The molecule has 22 heavy (non-hydrogen) atoms. The van der Waals surface area contributed by atoms with Crippen LogP contribution in [0.3, 0.4) is 0 Å². The van der Waals surface area contributed by atoms with Gasteiger partial charge in [0.1, 0.15) is 6.04 Å². The fraction of sp³-hybridized carbons (Fsp3) is 0.417. The Morgan fingerprint density at radius 3 is 1.95 bits per heavy atom. The van der Waals surface area contributed by atoms with E-state index >= 15 is 0 Å². The van der Waals surface area contributed by atoms with Crippen molar-refractivity contribution in [1.82, 2.24) is 9.44 Å². The highest BCUT2D eigenvalue weighted by molar-refractivity contribution is 7.90. The van der Waals surface area contributed by atoms with Gasteiger partial charge in [0.2, 0.25) is 20.0 Å². The molecule has 0 unspecified atom stereocenters. The summed E-state index contributed by atoms with van der Waals surface area (Å²) in [5.41, 5.74) is 0. The van der Waals surface area contributed by atoms with Crippen LogP contribution in [-0.4, -0.2) is 40.0 Å². The summed E-state index contributed by atoms with van der Waals surface area (Å²) < 4.78 is 52.3. The Bertz CT molecular complexity index is 766. The van der Waals surface area contributed by atoms with Crippen molar-refractivity contribution in [1.29, 1.82) is 0 Å². The molecule has 1 aromatic rings. The van der Waals surface area contributed by atoms with Crippen LogP contribution in [0.5, 0.6) is 0 Å². The molecule has 2 rings (SSSR count). The molecule has 122 valence electrons. The second-order valence-electron chi connectivity index (χ2n) is 5.05. The van der Waals surface area contributed by atoms with E-state index in [1.807, 2.05) is 4.72 Å². The van der Waals surface area contributed by atoms with Gasteiger partial charge in [-0.1, -0.05) is 0 Å². The second-order valence-corrected chi connectivity index (χ2v) is 8.48. The quantitative estimate of drug-likeness (QED) is 0.630. The molecule has 0 spiro atoms. The molecule has 0 radical (unpaired) electrons. The van der Waals surface area contributed by atoms with Crippen LogP contribution < -0.4 is 9.44 Å². The van der Waals surface area contributed by atoms with Gasteiger partial charge in [0.05, 0.1) is 9.79 Å². The summed E-state index contributed by atoms with van der Waals surface area (Å²) in [4.78, 5) is 10.4. The molecule has 1 atom stereocenters. The molecular weight excluding hydrogens is 332 g/mol. The Kier molecular flexibility index (Phi) is 4.57. The lowest BCUT2D eigenvalue weighted by atomic mass is 10.4. The highest BCUT2D eigenvalue weighted by Crippen LogP contribution is 2.22. The summed E-state index contributed by atoms with van der Waals surface area (Å²) in [5.74, 6) is -1.31. The summed E-state index contributed by atoms with van der Waals surface area (Å²) in [7, 11) is -7.68. The number of aliphatic carboxylic acids is 1. The van der Waals surface area contributed by atoms with Crippen molar-refractivity contribution in [3.63, 3.8) is 0 Å². The highest BCUT2D eigenvalue weighted by atomic mass is 32.2. The van der Waals surface area contributed by atoms with Gasteiger partial charge in [-0.2, -0.15) is 4.72 Å². The number of carboxylic acid groups (broad SMARTS) is 1. The van der Waals surface area contributed by atoms with Gasteiger partial charge in [0, 0.05) is 6.04 Å². The predicted octanol–water partition coefficient (Wildman–Crippen LogP) is -0.121. The minimum Gasteiger partial charge on any atom is -0.480 e. The number of rotatable bonds is 7. The van der Waals surface area contributed by atoms with E-state index < -0.39 is 32.1 Å². The SMILES string of the molecule is C[C@@H](NS(=O)(=O)c1ccc(S(=O)(=O)NC2CC2)cc1)C(=O)O. The molecule has 3 N–H and O–H groups in total. The summed E-state index contributed by atoms with van der Waals surface area (Å²) in [5, 5.41) is 8.72. The first-order valence-corrected chi connectivity index (χ1v) is 9.46. The van der Waals surface area contributed by atoms with Crippen molar-refractivity contribution < 1.29 is 26.7 Å². The summed E-state index contributed by atoms with van der Waals surface area (Å²) in [6, 6.07) is 3.25. The van der Waals surface area contributed by atoms with Gasteiger partial charge in [-0.15, -0.1) is 0 Å². The molecule has 10 heteroatoms. The molecule has 0 aliphatic heterocycles. The van der Waals surface area contributed by atoms with Crippen LogP contribution in [0.25, 0.3) is 0 Å². The third kappa shape index (κ3) is 4.03. The Morgan fingerprint density at radius 2 is 1.55 bits per heavy atom. The van der Waals surface area contributed by atoms with Gasteiger partial charge >= 0.3 is 5.97 Å². The summed E-state index contributed by atoms with van der Waals surface area (Å²) in [6.45, 7) is 1.19. The van der Waals surface area contributed by atoms with Gasteiger partial charge < -0.3 is 5.11 Å². The highest BCUT2D eigenvalue weighted by Gasteiger charge is 2.28. The molecule has 0 amide bonds. The molecule has 0 saturated heterocycles. The molecule has 1 aliphatic rings. The normalized spacial score (nSPS) is 17.1. The molecule has 0 bridgehead atoms. The van der Waals surface area contributed by atoms with Crippen molar-refractivity contribution in [3.05, 3.63) is 24.3 Å². The van der Waals surface area contributed by atoms with Crippen LogP contribution >= 0.6 is 0 Å². The Balaban J connectivity index is 2.19. The average molecular weight is 348 g/mol. The number of nitrogens with one attached hydrogen (secondary N) is 2.